The molecule has 2 rings (SSSR count). The quantitative estimate of drug-likeness (QED) is 0.787. The summed E-state index contributed by atoms with van der Waals surface area (Å²) in [6.45, 7) is 3.35. The van der Waals surface area contributed by atoms with Crippen molar-refractivity contribution in [3.05, 3.63) is 22.6 Å². The number of nitrogens with zero attached hydrogens (tertiary/aromatic N) is 1. The van der Waals surface area contributed by atoms with Crippen LogP contribution in [0.4, 0.5) is 0 Å². The molecule has 15 heavy (non-hydrogen) atoms. The van der Waals surface area contributed by atoms with E-state index in [9.17, 15) is 4.79 Å². The van der Waals surface area contributed by atoms with Gasteiger partial charge in [-0.15, -0.1) is 0 Å². The molecule has 1 aromatic rings. The lowest BCUT2D eigenvalue weighted by molar-refractivity contribution is -0.129. The molecule has 0 atom stereocenters. The minimum atomic E-state index is 0.180. The van der Waals surface area contributed by atoms with E-state index in [1.807, 2.05) is 4.90 Å². The van der Waals surface area contributed by atoms with Gasteiger partial charge in [0, 0.05) is 25.6 Å². The third-order valence-electron chi connectivity index (χ3n) is 3.02. The Balaban J connectivity index is 2.00. The summed E-state index contributed by atoms with van der Waals surface area (Å²) in [4.78, 5) is 13.1. The summed E-state index contributed by atoms with van der Waals surface area (Å²) < 4.78 is 6.19. The molecule has 0 aromatic carbocycles. The zero-order valence-corrected chi connectivity index (χ0v) is 10.3. The van der Waals surface area contributed by atoms with E-state index < -0.39 is 0 Å². The maximum atomic E-state index is 11.2. The Labute approximate surface area is 97.6 Å². The molecule has 1 aliphatic rings. The normalized spacial score (nSPS) is 18.1. The molecule has 0 bridgehead atoms. The highest BCUT2D eigenvalue weighted by atomic mass is 79.9. The molecule has 0 saturated carbocycles. The number of carbonyl (C=O) groups is 1. The third-order valence-corrected chi connectivity index (χ3v) is 3.67. The van der Waals surface area contributed by atoms with Crippen molar-refractivity contribution in [1.82, 2.24) is 4.90 Å². The first-order valence-electron chi connectivity index (χ1n) is 5.15. The Kier molecular flexibility index (Phi) is 3.14. The molecule has 1 fully saturated rings. The molecule has 1 saturated heterocycles. The standard InChI is InChI=1S/C11H14BrNO2/c1-8(14)13-4-2-9(3-5-13)10-6-15-7-11(10)12/h6-7,9H,2-5H2,1H3. The van der Waals surface area contributed by atoms with E-state index in [-0.39, 0.29) is 5.91 Å². The molecule has 0 N–H and O–H groups in total. The predicted molar refractivity (Wildman–Crippen MR) is 60.6 cm³/mol. The van der Waals surface area contributed by atoms with E-state index in [0.717, 1.165) is 30.4 Å². The second-order valence-corrected chi connectivity index (χ2v) is 4.81. The van der Waals surface area contributed by atoms with Crippen LogP contribution >= 0.6 is 15.9 Å². The average Bonchev–Trinajstić information content (AvgIpc) is 2.65. The molecule has 82 valence electrons. The highest BCUT2D eigenvalue weighted by molar-refractivity contribution is 9.10. The van der Waals surface area contributed by atoms with Gasteiger partial charge in [0.15, 0.2) is 0 Å². The lowest BCUT2D eigenvalue weighted by Gasteiger charge is -2.30. The van der Waals surface area contributed by atoms with Crippen LogP contribution in [0.15, 0.2) is 21.4 Å². The van der Waals surface area contributed by atoms with Crippen molar-refractivity contribution in [2.75, 3.05) is 13.1 Å². The topological polar surface area (TPSA) is 33.5 Å². The Bertz CT molecular complexity index is 353. The van der Waals surface area contributed by atoms with Crippen molar-refractivity contribution in [3.63, 3.8) is 0 Å². The van der Waals surface area contributed by atoms with Crippen molar-refractivity contribution in [1.29, 1.82) is 0 Å². The van der Waals surface area contributed by atoms with Gasteiger partial charge in [0.25, 0.3) is 0 Å². The van der Waals surface area contributed by atoms with Crippen molar-refractivity contribution < 1.29 is 9.21 Å². The van der Waals surface area contributed by atoms with Crippen LogP contribution in [0.2, 0.25) is 0 Å². The Morgan fingerprint density at radius 1 is 1.47 bits per heavy atom. The Morgan fingerprint density at radius 3 is 2.60 bits per heavy atom. The smallest absolute Gasteiger partial charge is 0.219 e. The fourth-order valence-corrected chi connectivity index (χ4v) is 2.61. The molecule has 0 radical (unpaired) electrons. The number of rotatable bonds is 1. The average molecular weight is 272 g/mol. The second kappa shape index (κ2) is 4.39. The largest absolute Gasteiger partial charge is 0.471 e. The van der Waals surface area contributed by atoms with Crippen LogP contribution in [-0.2, 0) is 4.79 Å². The summed E-state index contributed by atoms with van der Waals surface area (Å²) in [6, 6.07) is 0. The maximum Gasteiger partial charge on any atom is 0.219 e. The predicted octanol–water partition coefficient (Wildman–Crippen LogP) is 2.77. The van der Waals surface area contributed by atoms with Crippen LogP contribution in [0.1, 0.15) is 31.2 Å². The van der Waals surface area contributed by atoms with E-state index >= 15 is 0 Å². The van der Waals surface area contributed by atoms with Gasteiger partial charge in [-0.05, 0) is 34.7 Å². The van der Waals surface area contributed by atoms with Gasteiger partial charge in [0.1, 0.15) is 6.26 Å². The zero-order valence-electron chi connectivity index (χ0n) is 8.70. The number of hydrogen-bond acceptors (Lipinski definition) is 2. The molecule has 1 aliphatic heterocycles. The fraction of sp³-hybridized carbons (Fsp3) is 0.545. The van der Waals surface area contributed by atoms with Gasteiger partial charge in [-0.1, -0.05) is 0 Å². The first-order chi connectivity index (χ1) is 7.18. The Morgan fingerprint density at radius 2 is 2.13 bits per heavy atom. The number of halogens is 1. The van der Waals surface area contributed by atoms with Crippen molar-refractivity contribution in [3.8, 4) is 0 Å². The monoisotopic (exact) mass is 271 g/mol. The van der Waals surface area contributed by atoms with Gasteiger partial charge >= 0.3 is 0 Å². The van der Waals surface area contributed by atoms with Crippen LogP contribution < -0.4 is 0 Å². The fourth-order valence-electron chi connectivity index (χ4n) is 2.09. The Hall–Kier alpha value is -0.770. The SMILES string of the molecule is CC(=O)N1CCC(c2cocc2Br)CC1. The van der Waals surface area contributed by atoms with Crippen LogP contribution in [0, 0.1) is 0 Å². The minimum absolute atomic E-state index is 0.180. The number of furan rings is 1. The van der Waals surface area contributed by atoms with Crippen molar-refractivity contribution in [2.24, 2.45) is 0 Å². The summed E-state index contributed by atoms with van der Waals surface area (Å²) in [7, 11) is 0. The molecular formula is C11H14BrNO2. The molecule has 3 nitrogen and oxygen atoms in total. The molecule has 2 heterocycles. The number of amides is 1. The lowest BCUT2D eigenvalue weighted by atomic mass is 9.91. The molecule has 0 spiro atoms. The van der Waals surface area contributed by atoms with Crippen LogP contribution in [0.3, 0.4) is 0 Å². The maximum absolute atomic E-state index is 11.2. The highest BCUT2D eigenvalue weighted by Crippen LogP contribution is 2.33. The van der Waals surface area contributed by atoms with Crippen LogP contribution in [0.25, 0.3) is 0 Å². The molecule has 1 amide bonds. The number of piperidine rings is 1. The first kappa shape index (κ1) is 10.7. The van der Waals surface area contributed by atoms with E-state index in [1.54, 1.807) is 19.5 Å². The van der Waals surface area contributed by atoms with Crippen molar-refractivity contribution >= 4 is 21.8 Å². The minimum Gasteiger partial charge on any atom is -0.471 e. The van der Waals surface area contributed by atoms with Crippen molar-refractivity contribution in [2.45, 2.75) is 25.7 Å². The number of carbonyl (C=O) groups excluding carboxylic acids is 1. The molecule has 4 heteroatoms. The summed E-state index contributed by atoms with van der Waals surface area (Å²) in [5.74, 6) is 0.702. The summed E-state index contributed by atoms with van der Waals surface area (Å²) in [6.07, 6.45) is 5.57. The first-order valence-corrected chi connectivity index (χ1v) is 5.95. The van der Waals surface area contributed by atoms with Gasteiger partial charge in [-0.2, -0.15) is 0 Å². The van der Waals surface area contributed by atoms with Crippen LogP contribution in [0.5, 0.6) is 0 Å². The summed E-state index contributed by atoms with van der Waals surface area (Å²) in [5, 5.41) is 0. The third kappa shape index (κ3) is 2.25. The second-order valence-electron chi connectivity index (χ2n) is 3.96. The summed E-state index contributed by atoms with van der Waals surface area (Å²) >= 11 is 3.47. The van der Waals surface area contributed by atoms with E-state index in [1.165, 1.54) is 5.56 Å². The summed E-state index contributed by atoms with van der Waals surface area (Å²) in [5.41, 5.74) is 1.23. The van der Waals surface area contributed by atoms with Gasteiger partial charge in [0.2, 0.25) is 5.91 Å². The van der Waals surface area contributed by atoms with Gasteiger partial charge in [-0.3, -0.25) is 4.79 Å². The van der Waals surface area contributed by atoms with Gasteiger partial charge < -0.3 is 9.32 Å². The number of likely N-dealkylation sites (tertiary alicyclic amines) is 1. The highest BCUT2D eigenvalue weighted by Gasteiger charge is 2.24. The van der Waals surface area contributed by atoms with Crippen LogP contribution in [-0.4, -0.2) is 23.9 Å². The molecular weight excluding hydrogens is 258 g/mol. The number of hydrogen-bond donors (Lipinski definition) is 0. The molecule has 0 aliphatic carbocycles. The van der Waals surface area contributed by atoms with E-state index in [4.69, 9.17) is 4.42 Å². The zero-order chi connectivity index (χ0) is 10.8. The molecule has 1 aromatic heterocycles. The molecule has 0 unspecified atom stereocenters. The van der Waals surface area contributed by atoms with E-state index in [0.29, 0.717) is 5.92 Å². The van der Waals surface area contributed by atoms with Gasteiger partial charge in [-0.25, -0.2) is 0 Å². The van der Waals surface area contributed by atoms with E-state index in [2.05, 4.69) is 15.9 Å². The lowest BCUT2D eigenvalue weighted by Crippen LogP contribution is -2.36. The van der Waals surface area contributed by atoms with Gasteiger partial charge in [0.05, 0.1) is 10.7 Å².